The summed E-state index contributed by atoms with van der Waals surface area (Å²) in [6.07, 6.45) is 1.91. The van der Waals surface area contributed by atoms with E-state index in [4.69, 9.17) is 23.2 Å². The lowest BCUT2D eigenvalue weighted by molar-refractivity contribution is 0.585. The van der Waals surface area contributed by atoms with Gasteiger partial charge in [0, 0.05) is 16.5 Å². The zero-order valence-electron chi connectivity index (χ0n) is 11.9. The molecule has 2 aromatic heterocycles. The Morgan fingerprint density at radius 1 is 1.30 bits per heavy atom. The molecular formula is C14H17Cl2N3S. The summed E-state index contributed by atoms with van der Waals surface area (Å²) in [4.78, 5) is 9.68. The van der Waals surface area contributed by atoms with Gasteiger partial charge in [-0.3, -0.25) is 0 Å². The van der Waals surface area contributed by atoms with Crippen molar-refractivity contribution in [2.75, 3.05) is 5.32 Å². The van der Waals surface area contributed by atoms with E-state index >= 15 is 0 Å². The van der Waals surface area contributed by atoms with Crippen LogP contribution in [0.25, 0.3) is 0 Å². The van der Waals surface area contributed by atoms with Crippen LogP contribution < -0.4 is 5.32 Å². The highest BCUT2D eigenvalue weighted by Crippen LogP contribution is 2.29. The molecule has 0 amide bonds. The molecule has 0 aliphatic rings. The van der Waals surface area contributed by atoms with Gasteiger partial charge in [0.15, 0.2) is 5.15 Å². The average molecular weight is 330 g/mol. The second kappa shape index (κ2) is 5.88. The Morgan fingerprint density at radius 3 is 2.55 bits per heavy atom. The number of anilines is 1. The molecule has 0 radical (unpaired) electrons. The van der Waals surface area contributed by atoms with E-state index < -0.39 is 0 Å². The van der Waals surface area contributed by atoms with Gasteiger partial charge >= 0.3 is 0 Å². The maximum Gasteiger partial charge on any atom is 0.154 e. The lowest BCUT2D eigenvalue weighted by Crippen LogP contribution is -2.09. The van der Waals surface area contributed by atoms with Gasteiger partial charge in [-0.1, -0.05) is 44.0 Å². The number of thiazole rings is 1. The molecule has 20 heavy (non-hydrogen) atoms. The van der Waals surface area contributed by atoms with Gasteiger partial charge in [-0.15, -0.1) is 11.3 Å². The minimum absolute atomic E-state index is 0.0817. The first-order chi connectivity index (χ1) is 9.27. The van der Waals surface area contributed by atoms with Gasteiger partial charge in [-0.05, 0) is 18.6 Å². The molecule has 2 heterocycles. The molecule has 6 heteroatoms. The second-order valence-electron chi connectivity index (χ2n) is 5.66. The third kappa shape index (κ3) is 3.62. The van der Waals surface area contributed by atoms with Crippen molar-refractivity contribution in [1.82, 2.24) is 9.97 Å². The number of nitrogens with one attached hydrogen (secondary N) is 1. The number of halogens is 2. The van der Waals surface area contributed by atoms with Crippen molar-refractivity contribution in [3.8, 4) is 0 Å². The highest BCUT2D eigenvalue weighted by molar-refractivity contribution is 7.11. The molecule has 0 bridgehead atoms. The lowest BCUT2D eigenvalue weighted by Gasteiger charge is -2.13. The van der Waals surface area contributed by atoms with E-state index in [1.807, 2.05) is 13.1 Å². The van der Waals surface area contributed by atoms with Gasteiger partial charge in [-0.25, -0.2) is 9.97 Å². The molecule has 2 rings (SSSR count). The topological polar surface area (TPSA) is 37.8 Å². The highest BCUT2D eigenvalue weighted by Gasteiger charge is 2.18. The van der Waals surface area contributed by atoms with Crippen LogP contribution in [0.1, 0.15) is 36.2 Å². The van der Waals surface area contributed by atoms with E-state index in [0.29, 0.717) is 16.9 Å². The summed E-state index contributed by atoms with van der Waals surface area (Å²) in [5.41, 5.74) is 1.88. The quantitative estimate of drug-likeness (QED) is 0.799. The van der Waals surface area contributed by atoms with Crippen LogP contribution in [0.3, 0.4) is 0 Å². The normalized spacial score (nSPS) is 11.7. The van der Waals surface area contributed by atoms with Crippen LogP contribution in [0.2, 0.25) is 10.3 Å². The first-order valence-corrected chi connectivity index (χ1v) is 7.86. The summed E-state index contributed by atoms with van der Waals surface area (Å²) < 4.78 is 0. The fourth-order valence-corrected chi connectivity index (χ4v) is 3.23. The molecule has 0 saturated carbocycles. The first kappa shape index (κ1) is 15.5. The van der Waals surface area contributed by atoms with E-state index in [9.17, 15) is 0 Å². The van der Waals surface area contributed by atoms with E-state index in [1.165, 1.54) is 4.88 Å². The summed E-state index contributed by atoms with van der Waals surface area (Å²) in [6, 6.07) is 1.79. The van der Waals surface area contributed by atoms with Crippen LogP contribution in [0.5, 0.6) is 0 Å². The standard InChI is InChI=1S/C14H17Cl2N3S/c1-8-5-10(15)19-12(16)11(8)17-6-9-7-18-13(20-9)14(2,3)4/h5,7,17H,6H2,1-4H3. The fraction of sp³-hybridized carbons (Fsp3) is 0.429. The smallest absolute Gasteiger partial charge is 0.154 e. The number of hydrogen-bond donors (Lipinski definition) is 1. The van der Waals surface area contributed by atoms with Gasteiger partial charge in [0.25, 0.3) is 0 Å². The average Bonchev–Trinajstić information content (AvgIpc) is 2.75. The first-order valence-electron chi connectivity index (χ1n) is 6.29. The van der Waals surface area contributed by atoms with Crippen LogP contribution in [-0.2, 0) is 12.0 Å². The van der Waals surface area contributed by atoms with Crippen molar-refractivity contribution in [2.24, 2.45) is 0 Å². The molecule has 3 nitrogen and oxygen atoms in total. The molecule has 0 aromatic carbocycles. The predicted molar refractivity (Wildman–Crippen MR) is 87.1 cm³/mol. The zero-order chi connectivity index (χ0) is 14.9. The summed E-state index contributed by atoms with van der Waals surface area (Å²) in [5, 5.41) is 5.24. The molecule has 0 aliphatic heterocycles. The minimum Gasteiger partial charge on any atom is -0.377 e. The number of rotatable bonds is 3. The van der Waals surface area contributed by atoms with Crippen molar-refractivity contribution in [3.63, 3.8) is 0 Å². The van der Waals surface area contributed by atoms with Crippen molar-refractivity contribution in [3.05, 3.63) is 38.0 Å². The van der Waals surface area contributed by atoms with Crippen LogP contribution in [-0.4, -0.2) is 9.97 Å². The van der Waals surface area contributed by atoms with E-state index in [0.717, 1.165) is 16.3 Å². The van der Waals surface area contributed by atoms with Gasteiger partial charge in [0.1, 0.15) is 5.15 Å². The van der Waals surface area contributed by atoms with E-state index in [2.05, 4.69) is 36.1 Å². The van der Waals surface area contributed by atoms with Crippen molar-refractivity contribution in [1.29, 1.82) is 0 Å². The van der Waals surface area contributed by atoms with E-state index in [-0.39, 0.29) is 5.41 Å². The number of aromatic nitrogens is 2. The highest BCUT2D eigenvalue weighted by atomic mass is 35.5. The summed E-state index contributed by atoms with van der Waals surface area (Å²) in [7, 11) is 0. The Hall–Kier alpha value is -0.840. The Balaban J connectivity index is 2.12. The van der Waals surface area contributed by atoms with E-state index in [1.54, 1.807) is 17.4 Å². The summed E-state index contributed by atoms with van der Waals surface area (Å²) in [5.74, 6) is 0. The second-order valence-corrected chi connectivity index (χ2v) is 7.52. The molecular weight excluding hydrogens is 313 g/mol. The van der Waals surface area contributed by atoms with Gasteiger partial charge in [0.05, 0.1) is 17.2 Å². The minimum atomic E-state index is 0.0817. The maximum atomic E-state index is 6.11. The summed E-state index contributed by atoms with van der Waals surface area (Å²) >= 11 is 13.7. The van der Waals surface area contributed by atoms with Crippen LogP contribution in [0, 0.1) is 6.92 Å². The molecule has 0 saturated heterocycles. The predicted octanol–water partition coefficient (Wildman–Crippen LogP) is 5.06. The largest absolute Gasteiger partial charge is 0.377 e. The number of pyridine rings is 1. The monoisotopic (exact) mass is 329 g/mol. The third-order valence-corrected chi connectivity index (χ3v) is 4.67. The fourth-order valence-electron chi connectivity index (χ4n) is 1.72. The van der Waals surface area contributed by atoms with Gasteiger partial charge in [-0.2, -0.15) is 0 Å². The Kier molecular flexibility index (Phi) is 4.57. The number of nitrogens with zero attached hydrogens (tertiary/aromatic N) is 2. The molecule has 0 atom stereocenters. The SMILES string of the molecule is Cc1cc(Cl)nc(Cl)c1NCc1cnc(C(C)(C)C)s1. The molecule has 108 valence electrons. The molecule has 1 N–H and O–H groups in total. The molecule has 2 aromatic rings. The number of aryl methyl sites for hydroxylation is 1. The lowest BCUT2D eigenvalue weighted by atomic mass is 9.98. The maximum absolute atomic E-state index is 6.11. The van der Waals surface area contributed by atoms with Crippen molar-refractivity contribution < 1.29 is 0 Å². The van der Waals surface area contributed by atoms with Gasteiger partial charge in [0.2, 0.25) is 0 Å². The van der Waals surface area contributed by atoms with Gasteiger partial charge < -0.3 is 5.32 Å². The Labute approximate surface area is 133 Å². The van der Waals surface area contributed by atoms with Crippen LogP contribution in [0.15, 0.2) is 12.3 Å². The molecule has 0 aliphatic carbocycles. The Morgan fingerprint density at radius 2 is 2.00 bits per heavy atom. The van der Waals surface area contributed by atoms with Crippen LogP contribution >= 0.6 is 34.5 Å². The third-order valence-electron chi connectivity index (χ3n) is 2.78. The summed E-state index contributed by atoms with van der Waals surface area (Å²) in [6.45, 7) is 9.11. The van der Waals surface area contributed by atoms with Crippen molar-refractivity contribution in [2.45, 2.75) is 39.7 Å². The molecule has 0 spiro atoms. The molecule has 0 unspecified atom stereocenters. The zero-order valence-corrected chi connectivity index (χ0v) is 14.2. The number of hydrogen-bond acceptors (Lipinski definition) is 4. The van der Waals surface area contributed by atoms with Crippen LogP contribution in [0.4, 0.5) is 5.69 Å². The van der Waals surface area contributed by atoms with Crippen molar-refractivity contribution >= 4 is 40.2 Å². The Bertz CT molecular complexity index is 594. The molecule has 0 fully saturated rings.